The molecule has 0 spiro atoms. The molecule has 0 unspecified atom stereocenters. The predicted octanol–water partition coefficient (Wildman–Crippen LogP) is 2.94. The third-order valence-corrected chi connectivity index (χ3v) is 7.11. The van der Waals surface area contributed by atoms with Crippen LogP contribution >= 0.6 is 0 Å². The molecule has 2 aliphatic rings. The van der Waals surface area contributed by atoms with Crippen LogP contribution < -0.4 is 9.47 Å². The van der Waals surface area contributed by atoms with Gasteiger partial charge in [0, 0.05) is 38.6 Å². The fourth-order valence-electron chi connectivity index (χ4n) is 4.84. The van der Waals surface area contributed by atoms with Crippen molar-refractivity contribution in [1.82, 2.24) is 14.7 Å². The molecule has 0 saturated carbocycles. The van der Waals surface area contributed by atoms with Gasteiger partial charge in [0.15, 0.2) is 11.5 Å². The van der Waals surface area contributed by atoms with Crippen molar-refractivity contribution < 1.29 is 43.6 Å². The minimum absolute atomic E-state index is 0.0543. The summed E-state index contributed by atoms with van der Waals surface area (Å²) in [6.07, 6.45) is 1.42. The third kappa shape index (κ3) is 9.65. The molecule has 4 rings (SSSR count). The number of carbonyl (C=O) groups excluding carboxylic acids is 2. The number of nitrogens with zero attached hydrogens (tertiary/aromatic N) is 3. The van der Waals surface area contributed by atoms with Gasteiger partial charge >= 0.3 is 18.0 Å². The highest BCUT2D eigenvalue weighted by molar-refractivity contribution is 6.27. The average molecular weight is 586 g/mol. The Balaban J connectivity index is 0.000000730. The van der Waals surface area contributed by atoms with Crippen LogP contribution in [0.1, 0.15) is 30.9 Å². The molecule has 0 atom stereocenters. The van der Waals surface area contributed by atoms with Crippen LogP contribution in [0, 0.1) is 5.92 Å². The summed E-state index contributed by atoms with van der Waals surface area (Å²) in [5, 5.41) is 14.8. The van der Waals surface area contributed by atoms with Crippen molar-refractivity contribution in [3.63, 3.8) is 0 Å². The monoisotopic (exact) mass is 585 g/mol. The number of hydrogen-bond acceptors (Lipinski definition) is 8. The summed E-state index contributed by atoms with van der Waals surface area (Å²) in [5.41, 5.74) is 2.28. The average Bonchev–Trinajstić information content (AvgIpc) is 3.01. The van der Waals surface area contributed by atoms with Gasteiger partial charge in [-0.2, -0.15) is 0 Å². The molecule has 0 aromatic heterocycles. The van der Waals surface area contributed by atoms with Gasteiger partial charge in [-0.1, -0.05) is 36.4 Å². The number of piperidine rings is 1. The van der Waals surface area contributed by atoms with E-state index in [1.165, 1.54) is 5.56 Å². The number of likely N-dealkylation sites (tertiary alicyclic amines) is 1. The maximum absolute atomic E-state index is 13.0. The highest BCUT2D eigenvalue weighted by atomic mass is 16.6. The number of carboxylic acid groups (broad SMARTS) is 2. The number of hydrogen-bond donors (Lipinski definition) is 2. The summed E-state index contributed by atoms with van der Waals surface area (Å²) in [7, 11) is 1.66. The number of piperazine rings is 1. The van der Waals surface area contributed by atoms with E-state index in [4.69, 9.17) is 34.0 Å². The lowest BCUT2D eigenvalue weighted by atomic mass is 9.94. The first-order chi connectivity index (χ1) is 20.2. The maximum atomic E-state index is 13.0. The standard InChI is InChI=1S/C28H37N3O5.C2H2O4/c1-3-35-28(33)31-17-15-30(16-18-31)27(32)24-11-13-29(14-12-24)20-23-9-10-25(26(19-23)34-2)36-21-22-7-5-4-6-8-22;3-1(4)2(5)6/h4-10,19,24H,3,11-18,20-21H2,1-2H3;(H,3,4)(H,5,6). The minimum Gasteiger partial charge on any atom is -0.493 e. The van der Waals surface area contributed by atoms with Crippen molar-refractivity contribution in [1.29, 1.82) is 0 Å². The van der Waals surface area contributed by atoms with E-state index < -0.39 is 11.9 Å². The zero-order valence-electron chi connectivity index (χ0n) is 24.1. The van der Waals surface area contributed by atoms with E-state index in [9.17, 15) is 9.59 Å². The fourth-order valence-corrected chi connectivity index (χ4v) is 4.84. The summed E-state index contributed by atoms with van der Waals surface area (Å²) in [6, 6.07) is 16.2. The van der Waals surface area contributed by atoms with E-state index in [1.54, 1.807) is 18.9 Å². The predicted molar refractivity (Wildman–Crippen MR) is 152 cm³/mol. The highest BCUT2D eigenvalue weighted by Crippen LogP contribution is 2.30. The Bertz CT molecular complexity index is 1180. The van der Waals surface area contributed by atoms with E-state index in [1.807, 2.05) is 47.4 Å². The van der Waals surface area contributed by atoms with Crippen LogP contribution in [0.15, 0.2) is 48.5 Å². The molecule has 2 amide bonds. The molecule has 228 valence electrons. The number of benzene rings is 2. The van der Waals surface area contributed by atoms with Crippen LogP contribution in [0.2, 0.25) is 0 Å². The van der Waals surface area contributed by atoms with E-state index in [2.05, 4.69) is 11.0 Å². The molecular formula is C30H39N3O9. The quantitative estimate of drug-likeness (QED) is 0.444. The topological polar surface area (TPSA) is 146 Å². The van der Waals surface area contributed by atoms with Crippen LogP contribution in [0.3, 0.4) is 0 Å². The zero-order chi connectivity index (χ0) is 30.5. The number of carboxylic acids is 2. The van der Waals surface area contributed by atoms with Crippen LogP contribution in [-0.4, -0.2) is 102 Å². The first-order valence-electron chi connectivity index (χ1n) is 13.9. The summed E-state index contributed by atoms with van der Waals surface area (Å²) >= 11 is 0. The third-order valence-electron chi connectivity index (χ3n) is 7.11. The molecule has 2 fully saturated rings. The van der Waals surface area contributed by atoms with Gasteiger partial charge in [0.2, 0.25) is 5.91 Å². The van der Waals surface area contributed by atoms with Gasteiger partial charge in [-0.3, -0.25) is 9.69 Å². The largest absolute Gasteiger partial charge is 0.493 e. The van der Waals surface area contributed by atoms with Crippen LogP contribution in [0.4, 0.5) is 4.79 Å². The SMILES string of the molecule is CCOC(=O)N1CCN(C(=O)C2CCN(Cc3ccc(OCc4ccccc4)c(OC)c3)CC2)CC1.O=C(O)C(=O)O. The first-order valence-corrected chi connectivity index (χ1v) is 13.9. The summed E-state index contributed by atoms with van der Waals surface area (Å²) in [5.74, 6) is -1.91. The summed E-state index contributed by atoms with van der Waals surface area (Å²) < 4.78 is 16.6. The van der Waals surface area contributed by atoms with Gasteiger partial charge in [-0.25, -0.2) is 14.4 Å². The van der Waals surface area contributed by atoms with E-state index in [0.29, 0.717) is 39.4 Å². The second-order valence-corrected chi connectivity index (χ2v) is 9.93. The van der Waals surface area contributed by atoms with Gasteiger partial charge in [0.25, 0.3) is 0 Å². The molecule has 2 saturated heterocycles. The number of rotatable bonds is 8. The lowest BCUT2D eigenvalue weighted by Crippen LogP contribution is -2.53. The second-order valence-electron chi connectivity index (χ2n) is 9.93. The Labute approximate surface area is 245 Å². The molecule has 2 heterocycles. The Morgan fingerprint density at radius 3 is 2.00 bits per heavy atom. The number of aliphatic carboxylic acids is 2. The zero-order valence-corrected chi connectivity index (χ0v) is 24.1. The Hall–Kier alpha value is -4.32. The van der Waals surface area contributed by atoms with E-state index >= 15 is 0 Å². The Morgan fingerprint density at radius 2 is 1.43 bits per heavy atom. The van der Waals surface area contributed by atoms with E-state index in [0.717, 1.165) is 49.5 Å². The fraction of sp³-hybridized carbons (Fsp3) is 0.467. The Morgan fingerprint density at radius 1 is 0.810 bits per heavy atom. The first kappa shape index (κ1) is 32.2. The molecule has 0 radical (unpaired) electrons. The smallest absolute Gasteiger partial charge is 0.414 e. The molecule has 42 heavy (non-hydrogen) atoms. The highest BCUT2D eigenvalue weighted by Gasteiger charge is 2.31. The van der Waals surface area contributed by atoms with Gasteiger partial charge in [0.1, 0.15) is 6.61 Å². The van der Waals surface area contributed by atoms with Crippen molar-refractivity contribution in [3.05, 3.63) is 59.7 Å². The molecule has 0 aliphatic carbocycles. The van der Waals surface area contributed by atoms with Crippen molar-refractivity contribution in [2.75, 3.05) is 53.0 Å². The van der Waals surface area contributed by atoms with Crippen LogP contribution in [0.5, 0.6) is 11.5 Å². The molecule has 2 aliphatic heterocycles. The molecular weight excluding hydrogens is 546 g/mol. The van der Waals surface area contributed by atoms with Gasteiger partial charge < -0.3 is 34.2 Å². The van der Waals surface area contributed by atoms with Crippen LogP contribution in [-0.2, 0) is 32.3 Å². The molecule has 2 N–H and O–H groups in total. The number of methoxy groups -OCH3 is 1. The maximum Gasteiger partial charge on any atom is 0.414 e. The summed E-state index contributed by atoms with van der Waals surface area (Å²) in [4.78, 5) is 49.1. The number of ether oxygens (including phenoxy) is 3. The van der Waals surface area contributed by atoms with Gasteiger partial charge in [-0.05, 0) is 56.1 Å². The van der Waals surface area contributed by atoms with E-state index in [-0.39, 0.29) is 17.9 Å². The van der Waals surface area contributed by atoms with Gasteiger partial charge in [0.05, 0.1) is 13.7 Å². The summed E-state index contributed by atoms with van der Waals surface area (Å²) in [6.45, 7) is 7.48. The Kier molecular flexibility index (Phi) is 12.4. The van der Waals surface area contributed by atoms with Gasteiger partial charge in [-0.15, -0.1) is 0 Å². The van der Waals surface area contributed by atoms with Crippen LogP contribution in [0.25, 0.3) is 0 Å². The normalized spacial score (nSPS) is 15.7. The minimum atomic E-state index is -1.82. The lowest BCUT2D eigenvalue weighted by Gasteiger charge is -2.38. The molecule has 2 aromatic carbocycles. The van der Waals surface area contributed by atoms with Crippen molar-refractivity contribution >= 4 is 23.9 Å². The molecule has 0 bridgehead atoms. The lowest BCUT2D eigenvalue weighted by molar-refractivity contribution is -0.159. The van der Waals surface area contributed by atoms with Crippen molar-refractivity contribution in [3.8, 4) is 11.5 Å². The number of amides is 2. The van der Waals surface area contributed by atoms with Crippen molar-refractivity contribution in [2.24, 2.45) is 5.92 Å². The molecule has 2 aromatic rings. The second kappa shape index (κ2) is 16.2. The number of carbonyl (C=O) groups is 4. The molecule has 12 nitrogen and oxygen atoms in total. The molecule has 12 heteroatoms. The van der Waals surface area contributed by atoms with Crippen molar-refractivity contribution in [2.45, 2.75) is 32.9 Å².